The molecule has 0 saturated carbocycles. The highest BCUT2D eigenvalue weighted by molar-refractivity contribution is 5.74. The van der Waals surface area contributed by atoms with Crippen LogP contribution in [0.4, 0.5) is 0 Å². The average molecular weight is 244 g/mol. The van der Waals surface area contributed by atoms with Gasteiger partial charge in [-0.25, -0.2) is 9.97 Å². The summed E-state index contributed by atoms with van der Waals surface area (Å²) in [7, 11) is 0. The second-order valence-corrected chi connectivity index (χ2v) is 5.93. The van der Waals surface area contributed by atoms with Crippen molar-refractivity contribution in [3.05, 3.63) is 23.7 Å². The van der Waals surface area contributed by atoms with Crippen molar-refractivity contribution in [2.45, 2.75) is 39.7 Å². The van der Waals surface area contributed by atoms with Crippen molar-refractivity contribution >= 4 is 11.2 Å². The lowest BCUT2D eigenvalue weighted by Gasteiger charge is -2.38. The topological polar surface area (TPSA) is 53.6 Å². The lowest BCUT2D eigenvalue weighted by molar-refractivity contribution is 0.175. The van der Waals surface area contributed by atoms with Crippen LogP contribution >= 0.6 is 0 Å². The number of hydrogen-bond acceptors (Lipinski definition) is 3. The Bertz CT molecular complexity index is 570. The van der Waals surface area contributed by atoms with Crippen LogP contribution in [0.15, 0.2) is 12.3 Å². The molecule has 0 aliphatic carbocycles. The van der Waals surface area contributed by atoms with Gasteiger partial charge in [-0.15, -0.1) is 0 Å². The predicted molar refractivity (Wildman–Crippen MR) is 72.4 cm³/mol. The second-order valence-electron chi connectivity index (χ2n) is 5.93. The van der Waals surface area contributed by atoms with Crippen LogP contribution in [0.3, 0.4) is 0 Å². The molecule has 1 aliphatic rings. The molecule has 0 aromatic carbocycles. The number of nitrogens with one attached hydrogen (secondary N) is 2. The fourth-order valence-electron chi connectivity index (χ4n) is 2.87. The number of nitrogens with zero attached hydrogens (tertiary/aromatic N) is 2. The molecule has 1 atom stereocenters. The van der Waals surface area contributed by atoms with Crippen LogP contribution in [-0.4, -0.2) is 21.5 Å². The molecule has 3 heterocycles. The minimum atomic E-state index is 0.236. The Labute approximate surface area is 107 Å². The normalized spacial score (nSPS) is 23.4. The van der Waals surface area contributed by atoms with E-state index in [1.165, 1.54) is 18.4 Å². The van der Waals surface area contributed by atoms with Gasteiger partial charge in [0.15, 0.2) is 5.65 Å². The number of rotatable bonds is 1. The molecule has 0 amide bonds. The Morgan fingerprint density at radius 3 is 2.94 bits per heavy atom. The fourth-order valence-corrected chi connectivity index (χ4v) is 2.87. The van der Waals surface area contributed by atoms with Gasteiger partial charge >= 0.3 is 0 Å². The van der Waals surface area contributed by atoms with Gasteiger partial charge in [-0.3, -0.25) is 0 Å². The van der Waals surface area contributed by atoms with E-state index in [1.54, 1.807) is 0 Å². The summed E-state index contributed by atoms with van der Waals surface area (Å²) >= 11 is 0. The van der Waals surface area contributed by atoms with Crippen molar-refractivity contribution in [2.24, 2.45) is 5.41 Å². The van der Waals surface area contributed by atoms with E-state index < -0.39 is 0 Å². The summed E-state index contributed by atoms with van der Waals surface area (Å²) in [5, 5.41) is 3.58. The van der Waals surface area contributed by atoms with Gasteiger partial charge in [0.05, 0.1) is 11.6 Å². The van der Waals surface area contributed by atoms with Gasteiger partial charge in [0.1, 0.15) is 5.82 Å². The fraction of sp³-hybridized carbons (Fsp3) is 0.571. The van der Waals surface area contributed by atoms with Crippen molar-refractivity contribution in [1.82, 2.24) is 20.3 Å². The van der Waals surface area contributed by atoms with Crippen LogP contribution in [0.25, 0.3) is 11.2 Å². The van der Waals surface area contributed by atoms with E-state index in [-0.39, 0.29) is 5.41 Å². The number of pyridine rings is 1. The maximum atomic E-state index is 4.66. The number of H-pyrrole nitrogens is 1. The van der Waals surface area contributed by atoms with Crippen LogP contribution in [0, 0.1) is 12.3 Å². The summed E-state index contributed by atoms with van der Waals surface area (Å²) in [4.78, 5) is 12.5. The molecule has 0 spiro atoms. The van der Waals surface area contributed by atoms with E-state index in [4.69, 9.17) is 0 Å². The molecular weight excluding hydrogens is 224 g/mol. The van der Waals surface area contributed by atoms with Gasteiger partial charge in [0.25, 0.3) is 0 Å². The van der Waals surface area contributed by atoms with Gasteiger partial charge < -0.3 is 10.3 Å². The first-order chi connectivity index (χ1) is 8.58. The van der Waals surface area contributed by atoms with Crippen LogP contribution in [0.2, 0.25) is 0 Å². The molecule has 2 aromatic heterocycles. The van der Waals surface area contributed by atoms with Gasteiger partial charge in [-0.2, -0.15) is 0 Å². The summed E-state index contributed by atoms with van der Waals surface area (Å²) < 4.78 is 0. The monoisotopic (exact) mass is 244 g/mol. The van der Waals surface area contributed by atoms with Crippen molar-refractivity contribution in [2.75, 3.05) is 6.54 Å². The molecule has 4 heteroatoms. The van der Waals surface area contributed by atoms with Gasteiger partial charge in [-0.1, -0.05) is 13.8 Å². The molecule has 18 heavy (non-hydrogen) atoms. The SMILES string of the molecule is Cc1ccnc2nc(C3NCCCC3(C)C)[nH]c12. The van der Waals surface area contributed by atoms with Crippen molar-refractivity contribution in [1.29, 1.82) is 0 Å². The Morgan fingerprint density at radius 2 is 2.22 bits per heavy atom. The lowest BCUT2D eigenvalue weighted by Crippen LogP contribution is -2.40. The van der Waals surface area contributed by atoms with Crippen LogP contribution in [0.5, 0.6) is 0 Å². The molecule has 4 nitrogen and oxygen atoms in total. The van der Waals surface area contributed by atoms with Gasteiger partial charge in [0.2, 0.25) is 0 Å². The third-order valence-corrected chi connectivity index (χ3v) is 4.02. The Morgan fingerprint density at radius 1 is 1.39 bits per heavy atom. The molecule has 3 rings (SSSR count). The standard InChI is InChI=1S/C14H20N4/c1-9-5-8-16-12-10(9)17-13(18-12)11-14(2,3)6-4-7-15-11/h5,8,11,15H,4,6-7H2,1-3H3,(H,16,17,18). The first kappa shape index (κ1) is 11.7. The van der Waals surface area contributed by atoms with Crippen LogP contribution < -0.4 is 5.32 Å². The quantitative estimate of drug-likeness (QED) is 0.811. The Kier molecular flexibility index (Phi) is 2.63. The zero-order valence-electron chi connectivity index (χ0n) is 11.2. The molecule has 0 bridgehead atoms. The molecule has 1 aliphatic heterocycles. The minimum Gasteiger partial charge on any atom is -0.339 e. The van der Waals surface area contributed by atoms with E-state index in [0.29, 0.717) is 6.04 Å². The smallest absolute Gasteiger partial charge is 0.178 e. The number of fused-ring (bicyclic) bond motifs is 1. The van der Waals surface area contributed by atoms with Crippen molar-refractivity contribution < 1.29 is 0 Å². The highest BCUT2D eigenvalue weighted by atomic mass is 15.1. The summed E-state index contributed by atoms with van der Waals surface area (Å²) in [6, 6.07) is 2.31. The first-order valence-electron chi connectivity index (χ1n) is 6.62. The summed E-state index contributed by atoms with van der Waals surface area (Å²) in [6.07, 6.45) is 4.29. The molecular formula is C14H20N4. The molecule has 1 saturated heterocycles. The molecule has 0 radical (unpaired) electrons. The highest BCUT2D eigenvalue weighted by Crippen LogP contribution is 2.39. The maximum absolute atomic E-state index is 4.66. The number of hydrogen-bond donors (Lipinski definition) is 2. The second kappa shape index (κ2) is 4.05. The van der Waals surface area contributed by atoms with Crippen molar-refractivity contribution in [3.8, 4) is 0 Å². The van der Waals surface area contributed by atoms with E-state index in [9.17, 15) is 0 Å². The van der Waals surface area contributed by atoms with E-state index >= 15 is 0 Å². The number of piperidine rings is 1. The van der Waals surface area contributed by atoms with Gasteiger partial charge in [0, 0.05) is 6.20 Å². The first-order valence-corrected chi connectivity index (χ1v) is 6.62. The summed E-state index contributed by atoms with van der Waals surface area (Å²) in [5.74, 6) is 1.02. The third kappa shape index (κ3) is 1.81. The van der Waals surface area contributed by atoms with Crippen LogP contribution in [0.1, 0.15) is 44.1 Å². The van der Waals surface area contributed by atoms with E-state index in [0.717, 1.165) is 23.5 Å². The lowest BCUT2D eigenvalue weighted by atomic mass is 9.77. The largest absolute Gasteiger partial charge is 0.339 e. The molecule has 96 valence electrons. The number of imidazole rings is 1. The highest BCUT2D eigenvalue weighted by Gasteiger charge is 2.35. The molecule has 2 N–H and O–H groups in total. The predicted octanol–water partition coefficient (Wildman–Crippen LogP) is 2.72. The number of aryl methyl sites for hydroxylation is 1. The Hall–Kier alpha value is -1.42. The maximum Gasteiger partial charge on any atom is 0.178 e. The average Bonchev–Trinajstić information content (AvgIpc) is 2.73. The minimum absolute atomic E-state index is 0.236. The van der Waals surface area contributed by atoms with E-state index in [1.807, 2.05) is 12.3 Å². The summed E-state index contributed by atoms with van der Waals surface area (Å²) in [6.45, 7) is 7.76. The molecule has 1 unspecified atom stereocenters. The number of aromatic nitrogens is 3. The number of aromatic amines is 1. The van der Waals surface area contributed by atoms with Crippen LogP contribution in [-0.2, 0) is 0 Å². The summed E-state index contributed by atoms with van der Waals surface area (Å²) in [5.41, 5.74) is 3.33. The van der Waals surface area contributed by atoms with E-state index in [2.05, 4.69) is 41.0 Å². The third-order valence-electron chi connectivity index (χ3n) is 4.02. The van der Waals surface area contributed by atoms with Gasteiger partial charge in [-0.05, 0) is 43.4 Å². The van der Waals surface area contributed by atoms with Crippen molar-refractivity contribution in [3.63, 3.8) is 0 Å². The zero-order valence-corrected chi connectivity index (χ0v) is 11.2. The molecule has 1 fully saturated rings. The Balaban J connectivity index is 2.06. The zero-order chi connectivity index (χ0) is 12.8. The molecule has 2 aromatic rings.